The zero-order valence-corrected chi connectivity index (χ0v) is 11.8. The third-order valence-corrected chi connectivity index (χ3v) is 3.04. The molecule has 8 heteroatoms. The lowest BCUT2D eigenvalue weighted by Gasteiger charge is -2.17. The number of non-ortho nitro benzene ring substituents is 1. The molecule has 0 fully saturated rings. The monoisotopic (exact) mass is 331 g/mol. The molecule has 1 aromatic carbocycles. The molecule has 104 valence electrons. The molecule has 1 aromatic rings. The van der Waals surface area contributed by atoms with Crippen LogP contribution in [0.15, 0.2) is 22.7 Å². The van der Waals surface area contributed by atoms with Crippen LogP contribution in [0.25, 0.3) is 0 Å². The van der Waals surface area contributed by atoms with Crippen molar-refractivity contribution in [2.75, 3.05) is 0 Å². The number of amides is 1. The van der Waals surface area contributed by atoms with Gasteiger partial charge < -0.3 is 4.74 Å². The van der Waals surface area contributed by atoms with Crippen LogP contribution in [0.3, 0.4) is 0 Å². The van der Waals surface area contributed by atoms with Crippen LogP contribution >= 0.6 is 15.9 Å². The minimum atomic E-state index is -0.784. The van der Waals surface area contributed by atoms with Crippen LogP contribution in [0.5, 0.6) is 5.75 Å². The number of hydrogen-bond acceptors (Lipinski definition) is 5. The summed E-state index contributed by atoms with van der Waals surface area (Å²) in [6.45, 7) is 1.89. The number of hydrogen-bond donors (Lipinski definition) is 2. The fourth-order valence-electron chi connectivity index (χ4n) is 1.45. The molecule has 0 radical (unpaired) electrons. The number of nitro benzene ring substituents is 1. The van der Waals surface area contributed by atoms with E-state index in [0.717, 1.165) is 0 Å². The minimum absolute atomic E-state index is 0.110. The van der Waals surface area contributed by atoms with Gasteiger partial charge in [-0.2, -0.15) is 0 Å². The second-order valence-corrected chi connectivity index (χ2v) is 4.63. The zero-order valence-electron chi connectivity index (χ0n) is 10.3. The average molecular weight is 332 g/mol. The number of hydrazine groups is 1. The lowest BCUT2D eigenvalue weighted by molar-refractivity contribution is -0.385. The first-order chi connectivity index (χ1) is 8.99. The van der Waals surface area contributed by atoms with Crippen LogP contribution < -0.4 is 16.0 Å². The molecule has 0 aliphatic rings. The van der Waals surface area contributed by atoms with E-state index in [4.69, 9.17) is 10.6 Å². The maximum absolute atomic E-state index is 11.5. The molecule has 1 atom stereocenters. The highest BCUT2D eigenvalue weighted by Crippen LogP contribution is 2.30. The number of carbonyl (C=O) groups is 1. The molecular formula is C11H14BrN3O4. The van der Waals surface area contributed by atoms with Gasteiger partial charge in [0.15, 0.2) is 6.10 Å². The van der Waals surface area contributed by atoms with Crippen LogP contribution in [0, 0.1) is 10.1 Å². The van der Waals surface area contributed by atoms with E-state index in [0.29, 0.717) is 17.3 Å². The maximum atomic E-state index is 11.5. The van der Waals surface area contributed by atoms with Crippen LogP contribution in [0.4, 0.5) is 5.69 Å². The third-order valence-electron chi connectivity index (χ3n) is 2.38. The Morgan fingerprint density at radius 2 is 2.32 bits per heavy atom. The quantitative estimate of drug-likeness (QED) is 0.358. The van der Waals surface area contributed by atoms with Crippen molar-refractivity contribution in [3.8, 4) is 5.75 Å². The molecule has 1 rings (SSSR count). The van der Waals surface area contributed by atoms with E-state index in [-0.39, 0.29) is 11.4 Å². The summed E-state index contributed by atoms with van der Waals surface area (Å²) in [4.78, 5) is 21.7. The van der Waals surface area contributed by atoms with Crippen LogP contribution in [-0.4, -0.2) is 16.9 Å². The number of halogens is 1. The van der Waals surface area contributed by atoms with E-state index in [2.05, 4.69) is 15.9 Å². The van der Waals surface area contributed by atoms with Crippen LogP contribution in [0.1, 0.15) is 19.8 Å². The van der Waals surface area contributed by atoms with Gasteiger partial charge in [0.2, 0.25) is 0 Å². The summed E-state index contributed by atoms with van der Waals surface area (Å²) in [5, 5.41) is 10.7. The van der Waals surface area contributed by atoms with Crippen molar-refractivity contribution in [1.29, 1.82) is 0 Å². The van der Waals surface area contributed by atoms with Gasteiger partial charge in [-0.05, 0) is 28.4 Å². The molecule has 0 aromatic heterocycles. The molecule has 0 heterocycles. The Morgan fingerprint density at radius 1 is 1.63 bits per heavy atom. The summed E-state index contributed by atoms with van der Waals surface area (Å²) < 4.78 is 6.02. The van der Waals surface area contributed by atoms with Crippen molar-refractivity contribution in [3.63, 3.8) is 0 Å². The van der Waals surface area contributed by atoms with Crippen molar-refractivity contribution in [3.05, 3.63) is 32.8 Å². The molecule has 1 unspecified atom stereocenters. The van der Waals surface area contributed by atoms with E-state index in [1.165, 1.54) is 18.2 Å². The number of carbonyl (C=O) groups excluding carboxylic acids is 1. The van der Waals surface area contributed by atoms with Crippen molar-refractivity contribution in [2.24, 2.45) is 5.84 Å². The molecule has 0 aliphatic heterocycles. The zero-order chi connectivity index (χ0) is 14.4. The van der Waals surface area contributed by atoms with Crippen molar-refractivity contribution >= 4 is 27.5 Å². The molecule has 0 spiro atoms. The van der Waals surface area contributed by atoms with Gasteiger partial charge in [-0.25, -0.2) is 5.84 Å². The fraction of sp³-hybridized carbons (Fsp3) is 0.364. The Kier molecular flexibility index (Phi) is 5.71. The van der Waals surface area contributed by atoms with Gasteiger partial charge >= 0.3 is 0 Å². The number of nitro groups is 1. The summed E-state index contributed by atoms with van der Waals surface area (Å²) in [6.07, 6.45) is 0.385. The number of nitrogens with two attached hydrogens (primary N) is 1. The molecule has 0 saturated heterocycles. The predicted octanol–water partition coefficient (Wildman–Crippen LogP) is 1.89. The Labute approximate surface area is 118 Å². The molecule has 0 aliphatic carbocycles. The van der Waals surface area contributed by atoms with Gasteiger partial charge in [-0.3, -0.25) is 20.3 Å². The fourth-order valence-corrected chi connectivity index (χ4v) is 1.79. The third kappa shape index (κ3) is 4.18. The van der Waals surface area contributed by atoms with Gasteiger partial charge in [0.1, 0.15) is 5.75 Å². The largest absolute Gasteiger partial charge is 0.479 e. The number of ether oxygens (including phenoxy) is 1. The van der Waals surface area contributed by atoms with Gasteiger partial charge in [0.05, 0.1) is 15.5 Å². The van der Waals surface area contributed by atoms with Crippen molar-refractivity contribution in [1.82, 2.24) is 5.43 Å². The Balaban J connectivity index is 2.97. The average Bonchev–Trinajstić information content (AvgIpc) is 2.39. The second-order valence-electron chi connectivity index (χ2n) is 3.78. The highest BCUT2D eigenvalue weighted by Gasteiger charge is 2.21. The summed E-state index contributed by atoms with van der Waals surface area (Å²) in [5.74, 6) is 4.83. The summed E-state index contributed by atoms with van der Waals surface area (Å²) in [7, 11) is 0. The highest BCUT2D eigenvalue weighted by atomic mass is 79.9. The van der Waals surface area contributed by atoms with E-state index in [1.54, 1.807) is 0 Å². The topological polar surface area (TPSA) is 107 Å². The molecule has 1 amide bonds. The van der Waals surface area contributed by atoms with Crippen LogP contribution in [0.2, 0.25) is 0 Å². The molecule has 0 saturated carbocycles. The number of nitrogens with one attached hydrogen (secondary N) is 1. The van der Waals surface area contributed by atoms with E-state index in [1.807, 2.05) is 12.3 Å². The Bertz CT molecular complexity index is 481. The SMILES string of the molecule is CCCC(Oc1cc([N+](=O)[O-])ccc1Br)C(=O)NN. The number of nitrogens with zero attached hydrogens (tertiary/aromatic N) is 1. The number of benzene rings is 1. The first-order valence-electron chi connectivity index (χ1n) is 5.60. The standard InChI is InChI=1S/C11H14BrN3O4/c1-2-3-9(11(16)14-13)19-10-6-7(15(17)18)4-5-8(10)12/h4-6,9H,2-3,13H2,1H3,(H,14,16). The van der Waals surface area contributed by atoms with E-state index < -0.39 is 16.9 Å². The normalized spacial score (nSPS) is 11.7. The lowest BCUT2D eigenvalue weighted by Crippen LogP contribution is -2.42. The molecule has 7 nitrogen and oxygen atoms in total. The van der Waals surface area contributed by atoms with Crippen LogP contribution in [-0.2, 0) is 4.79 Å². The highest BCUT2D eigenvalue weighted by molar-refractivity contribution is 9.10. The predicted molar refractivity (Wildman–Crippen MR) is 72.5 cm³/mol. The van der Waals surface area contributed by atoms with Crippen molar-refractivity contribution in [2.45, 2.75) is 25.9 Å². The van der Waals surface area contributed by atoms with Gasteiger partial charge in [0, 0.05) is 6.07 Å². The summed E-state index contributed by atoms with van der Waals surface area (Å²) >= 11 is 3.22. The minimum Gasteiger partial charge on any atom is -0.479 e. The maximum Gasteiger partial charge on any atom is 0.274 e. The van der Waals surface area contributed by atoms with Gasteiger partial charge in [-0.15, -0.1) is 0 Å². The molecule has 3 N–H and O–H groups in total. The lowest BCUT2D eigenvalue weighted by atomic mass is 10.2. The first-order valence-corrected chi connectivity index (χ1v) is 6.40. The Morgan fingerprint density at radius 3 is 2.84 bits per heavy atom. The van der Waals surface area contributed by atoms with Gasteiger partial charge in [0.25, 0.3) is 11.6 Å². The smallest absolute Gasteiger partial charge is 0.274 e. The van der Waals surface area contributed by atoms with E-state index in [9.17, 15) is 14.9 Å². The molecular weight excluding hydrogens is 318 g/mol. The van der Waals surface area contributed by atoms with Crippen molar-refractivity contribution < 1.29 is 14.5 Å². The van der Waals surface area contributed by atoms with E-state index >= 15 is 0 Å². The molecule has 0 bridgehead atoms. The molecule has 19 heavy (non-hydrogen) atoms. The summed E-state index contributed by atoms with van der Waals surface area (Å²) in [5.41, 5.74) is 1.90. The second kappa shape index (κ2) is 7.05. The number of rotatable bonds is 6. The summed E-state index contributed by atoms with van der Waals surface area (Å²) in [6, 6.07) is 4.10. The Hall–Kier alpha value is -1.67. The first kappa shape index (κ1) is 15.4. The van der Waals surface area contributed by atoms with Gasteiger partial charge in [-0.1, -0.05) is 13.3 Å².